The molecule has 0 aromatic heterocycles. The van der Waals surface area contributed by atoms with Crippen molar-refractivity contribution in [3.05, 3.63) is 0 Å². The minimum absolute atomic E-state index is 0.135. The molecular formula is C3H8BFO2. The van der Waals surface area contributed by atoms with Gasteiger partial charge in [0.15, 0.2) is 0 Å². The molecule has 0 unspecified atom stereocenters. The Labute approximate surface area is 42.1 Å². The minimum atomic E-state index is -1.34. The van der Waals surface area contributed by atoms with Crippen LogP contribution in [0.5, 0.6) is 0 Å². The van der Waals surface area contributed by atoms with Crippen LogP contribution >= 0.6 is 0 Å². The molecule has 0 aliphatic carbocycles. The Balaban J connectivity index is 2.68. The molecule has 0 amide bonds. The van der Waals surface area contributed by atoms with Gasteiger partial charge in [0.05, 0.1) is 6.67 Å². The lowest BCUT2D eigenvalue weighted by atomic mass is 9.85. The monoisotopic (exact) mass is 106 g/mol. The van der Waals surface area contributed by atoms with Gasteiger partial charge >= 0.3 is 7.12 Å². The Morgan fingerprint density at radius 2 is 2.00 bits per heavy atom. The zero-order valence-electron chi connectivity index (χ0n) is 3.97. The average molecular weight is 106 g/mol. The van der Waals surface area contributed by atoms with Crippen molar-refractivity contribution in [1.29, 1.82) is 0 Å². The molecule has 0 rings (SSSR count). The molecule has 2 N–H and O–H groups in total. The lowest BCUT2D eigenvalue weighted by Crippen LogP contribution is -2.09. The first-order chi connectivity index (χ1) is 3.27. The maximum Gasteiger partial charge on any atom is 0.451 e. The van der Waals surface area contributed by atoms with Crippen LogP contribution in [0.4, 0.5) is 4.39 Å². The number of alkyl halides is 1. The second-order valence-corrected chi connectivity index (χ2v) is 1.31. The van der Waals surface area contributed by atoms with Gasteiger partial charge in [-0.3, -0.25) is 4.39 Å². The Bertz CT molecular complexity index is 41.9. The summed E-state index contributed by atoms with van der Waals surface area (Å²) in [6, 6.07) is 0. The van der Waals surface area contributed by atoms with Gasteiger partial charge < -0.3 is 10.0 Å². The van der Waals surface area contributed by atoms with E-state index in [1.807, 2.05) is 0 Å². The van der Waals surface area contributed by atoms with E-state index in [2.05, 4.69) is 0 Å². The highest BCUT2D eigenvalue weighted by molar-refractivity contribution is 6.40. The summed E-state index contributed by atoms with van der Waals surface area (Å²) >= 11 is 0. The summed E-state index contributed by atoms with van der Waals surface area (Å²) < 4.78 is 11.1. The van der Waals surface area contributed by atoms with Crippen molar-refractivity contribution in [3.8, 4) is 0 Å². The molecule has 0 saturated heterocycles. The van der Waals surface area contributed by atoms with E-state index in [1.165, 1.54) is 0 Å². The summed E-state index contributed by atoms with van der Waals surface area (Å²) in [6.45, 7) is -0.475. The van der Waals surface area contributed by atoms with Crippen molar-refractivity contribution in [2.45, 2.75) is 12.7 Å². The summed E-state index contributed by atoms with van der Waals surface area (Å²) in [5.74, 6) is 0. The van der Waals surface area contributed by atoms with Crippen LogP contribution in [0.2, 0.25) is 6.32 Å². The van der Waals surface area contributed by atoms with Gasteiger partial charge in [-0.25, -0.2) is 0 Å². The minimum Gasteiger partial charge on any atom is -0.427 e. The van der Waals surface area contributed by atoms with Crippen molar-refractivity contribution in [3.63, 3.8) is 0 Å². The molecule has 0 aliphatic rings. The molecule has 0 heterocycles. The van der Waals surface area contributed by atoms with Crippen molar-refractivity contribution < 1.29 is 14.4 Å². The largest absolute Gasteiger partial charge is 0.451 e. The lowest BCUT2D eigenvalue weighted by molar-refractivity contribution is 0.393. The van der Waals surface area contributed by atoms with E-state index in [4.69, 9.17) is 10.0 Å². The molecule has 0 fully saturated rings. The summed E-state index contributed by atoms with van der Waals surface area (Å²) in [6.07, 6.45) is 0.369. The van der Waals surface area contributed by atoms with Gasteiger partial charge in [0.25, 0.3) is 0 Å². The van der Waals surface area contributed by atoms with E-state index in [0.29, 0.717) is 0 Å². The normalized spacial score (nSPS) is 9.00. The highest BCUT2D eigenvalue weighted by atomic mass is 19.1. The quantitative estimate of drug-likeness (QED) is 0.490. The van der Waals surface area contributed by atoms with Crippen molar-refractivity contribution in [2.24, 2.45) is 0 Å². The zero-order chi connectivity index (χ0) is 5.70. The number of rotatable bonds is 3. The van der Waals surface area contributed by atoms with E-state index in [0.717, 1.165) is 0 Å². The third-order valence-corrected chi connectivity index (χ3v) is 0.596. The van der Waals surface area contributed by atoms with E-state index < -0.39 is 13.8 Å². The highest BCUT2D eigenvalue weighted by Crippen LogP contribution is 1.90. The van der Waals surface area contributed by atoms with Gasteiger partial charge in [0.1, 0.15) is 0 Å². The molecule has 0 spiro atoms. The zero-order valence-corrected chi connectivity index (χ0v) is 3.97. The summed E-state index contributed by atoms with van der Waals surface area (Å²) in [5.41, 5.74) is 0. The van der Waals surface area contributed by atoms with Crippen LogP contribution < -0.4 is 0 Å². The van der Waals surface area contributed by atoms with Crippen molar-refractivity contribution in [2.75, 3.05) is 6.67 Å². The smallest absolute Gasteiger partial charge is 0.427 e. The molecule has 0 radical (unpaired) electrons. The molecule has 0 bridgehead atoms. The van der Waals surface area contributed by atoms with Gasteiger partial charge in [-0.1, -0.05) is 0 Å². The van der Waals surface area contributed by atoms with E-state index >= 15 is 0 Å². The maximum atomic E-state index is 11.1. The predicted octanol–water partition coefficient (Wildman–Crippen LogP) is -0.181. The molecule has 2 nitrogen and oxygen atoms in total. The van der Waals surface area contributed by atoms with Gasteiger partial charge in [-0.15, -0.1) is 0 Å². The fourth-order valence-corrected chi connectivity index (χ4v) is 0.260. The third-order valence-electron chi connectivity index (χ3n) is 0.596. The molecule has 0 aromatic rings. The summed E-state index contributed by atoms with van der Waals surface area (Å²) in [7, 11) is -1.34. The fourth-order valence-electron chi connectivity index (χ4n) is 0.260. The molecule has 0 atom stereocenters. The number of halogens is 1. The van der Waals surface area contributed by atoms with Crippen molar-refractivity contribution in [1.82, 2.24) is 0 Å². The SMILES string of the molecule is OB(O)CCCF. The first-order valence-electron chi connectivity index (χ1n) is 2.19. The first-order valence-corrected chi connectivity index (χ1v) is 2.19. The third kappa shape index (κ3) is 5.91. The molecule has 0 aromatic carbocycles. The fraction of sp³-hybridized carbons (Fsp3) is 1.00. The molecule has 0 saturated carbocycles. The molecular weight excluding hydrogens is 97.8 g/mol. The van der Waals surface area contributed by atoms with Crippen LogP contribution in [0.25, 0.3) is 0 Å². The summed E-state index contributed by atoms with van der Waals surface area (Å²) in [4.78, 5) is 0. The second kappa shape index (κ2) is 4.08. The van der Waals surface area contributed by atoms with Crippen LogP contribution in [0.1, 0.15) is 6.42 Å². The van der Waals surface area contributed by atoms with Crippen LogP contribution in [-0.2, 0) is 0 Å². The van der Waals surface area contributed by atoms with Crippen LogP contribution in [0.15, 0.2) is 0 Å². The predicted molar refractivity (Wildman–Crippen MR) is 25.6 cm³/mol. The molecule has 42 valence electrons. The maximum absolute atomic E-state index is 11.1. The van der Waals surface area contributed by atoms with Gasteiger partial charge in [0, 0.05) is 0 Å². The summed E-state index contributed by atoms with van der Waals surface area (Å²) in [5, 5.41) is 16.1. The van der Waals surface area contributed by atoms with E-state index in [1.54, 1.807) is 0 Å². The van der Waals surface area contributed by atoms with Crippen LogP contribution in [-0.4, -0.2) is 23.8 Å². The number of hydrogen-bond acceptors (Lipinski definition) is 2. The average Bonchev–Trinajstić information content (AvgIpc) is 1.61. The lowest BCUT2D eigenvalue weighted by Gasteiger charge is -1.90. The van der Waals surface area contributed by atoms with Gasteiger partial charge in [0.2, 0.25) is 0 Å². The van der Waals surface area contributed by atoms with Gasteiger partial charge in [-0.05, 0) is 12.7 Å². The molecule has 7 heavy (non-hydrogen) atoms. The highest BCUT2D eigenvalue weighted by Gasteiger charge is 2.03. The Kier molecular flexibility index (Phi) is 4.03. The molecule has 4 heteroatoms. The number of hydrogen-bond donors (Lipinski definition) is 2. The van der Waals surface area contributed by atoms with Gasteiger partial charge in [-0.2, -0.15) is 0 Å². The van der Waals surface area contributed by atoms with Crippen LogP contribution in [0.3, 0.4) is 0 Å². The Morgan fingerprint density at radius 3 is 2.14 bits per heavy atom. The van der Waals surface area contributed by atoms with Crippen LogP contribution in [0, 0.1) is 0 Å². The Morgan fingerprint density at radius 1 is 1.43 bits per heavy atom. The second-order valence-electron chi connectivity index (χ2n) is 1.31. The van der Waals surface area contributed by atoms with E-state index in [-0.39, 0.29) is 12.7 Å². The molecule has 0 aliphatic heterocycles. The van der Waals surface area contributed by atoms with E-state index in [9.17, 15) is 4.39 Å². The first kappa shape index (κ1) is 6.91. The van der Waals surface area contributed by atoms with Crippen molar-refractivity contribution >= 4 is 7.12 Å². The topological polar surface area (TPSA) is 40.5 Å². The Hall–Kier alpha value is -0.0851. The standard InChI is InChI=1S/C3H8BFO2/c5-3-1-2-4(6)7/h6-7H,1-3H2.